The largest absolute Gasteiger partial charge is 0.421 e. The molecule has 2 aromatic heterocycles. The molecule has 0 saturated carbocycles. The third kappa shape index (κ3) is 5.50. The fourth-order valence-corrected chi connectivity index (χ4v) is 3.75. The van der Waals surface area contributed by atoms with E-state index in [0.717, 1.165) is 24.0 Å². The van der Waals surface area contributed by atoms with Crippen molar-refractivity contribution in [2.24, 2.45) is 5.92 Å². The van der Waals surface area contributed by atoms with Crippen LogP contribution in [0.25, 0.3) is 11.5 Å². The lowest BCUT2D eigenvalue weighted by atomic mass is 9.96. The average Bonchev–Trinajstić information content (AvgIpc) is 3.28. The lowest BCUT2D eigenvalue weighted by Gasteiger charge is -2.32. The second kappa shape index (κ2) is 9.91. The van der Waals surface area contributed by atoms with Crippen LogP contribution in [0.4, 0.5) is 5.82 Å². The van der Waals surface area contributed by atoms with E-state index in [1.807, 2.05) is 31.2 Å². The number of aromatic nitrogens is 3. The minimum absolute atomic E-state index is 0.0257. The molecule has 1 aromatic carbocycles. The Hall–Kier alpha value is -3.26. The first-order valence-electron chi connectivity index (χ1n) is 10.6. The number of benzene rings is 1. The normalized spacial score (nSPS) is 16.1. The van der Waals surface area contributed by atoms with Gasteiger partial charge in [-0.15, -0.1) is 10.2 Å². The Morgan fingerprint density at radius 3 is 2.75 bits per heavy atom. The number of rotatable bonds is 6. The predicted octanol–water partition coefficient (Wildman–Crippen LogP) is 3.90. The summed E-state index contributed by atoms with van der Waals surface area (Å²) in [5.74, 6) is 0.872. The highest BCUT2D eigenvalue weighted by Crippen LogP contribution is 2.21. The van der Waals surface area contributed by atoms with Crippen molar-refractivity contribution in [3.8, 4) is 11.5 Å². The summed E-state index contributed by atoms with van der Waals surface area (Å²) >= 11 is 5.83. The number of carbonyl (C=O) groups excluding carboxylic acids is 2. The van der Waals surface area contributed by atoms with Crippen molar-refractivity contribution in [1.29, 1.82) is 0 Å². The van der Waals surface area contributed by atoms with Crippen LogP contribution in [0.15, 0.2) is 47.0 Å². The number of hydrogen-bond acceptors (Lipinski definition) is 6. The van der Waals surface area contributed by atoms with Gasteiger partial charge in [-0.3, -0.25) is 9.59 Å². The second-order valence-electron chi connectivity index (χ2n) is 7.90. The van der Waals surface area contributed by atoms with Crippen molar-refractivity contribution in [2.45, 2.75) is 32.6 Å². The number of anilines is 1. The van der Waals surface area contributed by atoms with Crippen LogP contribution < -0.4 is 5.32 Å². The van der Waals surface area contributed by atoms with Gasteiger partial charge in [-0.2, -0.15) is 0 Å². The van der Waals surface area contributed by atoms with Gasteiger partial charge in [-0.1, -0.05) is 29.3 Å². The van der Waals surface area contributed by atoms with Crippen LogP contribution in [0.1, 0.15) is 30.7 Å². The predicted molar refractivity (Wildman–Crippen MR) is 120 cm³/mol. The Morgan fingerprint density at radius 2 is 2.00 bits per heavy atom. The lowest BCUT2D eigenvalue weighted by Crippen LogP contribution is -2.43. The number of nitrogens with one attached hydrogen (secondary N) is 1. The first-order chi connectivity index (χ1) is 15.5. The molecule has 32 heavy (non-hydrogen) atoms. The quantitative estimate of drug-likeness (QED) is 0.607. The molecule has 3 aromatic rings. The van der Waals surface area contributed by atoms with Crippen molar-refractivity contribution in [3.63, 3.8) is 0 Å². The van der Waals surface area contributed by atoms with Gasteiger partial charge in [0.05, 0.1) is 10.9 Å². The van der Waals surface area contributed by atoms with E-state index in [4.69, 9.17) is 16.0 Å². The maximum atomic E-state index is 12.7. The molecule has 2 amide bonds. The number of hydrogen-bond donors (Lipinski definition) is 1. The Bertz CT molecular complexity index is 1080. The van der Waals surface area contributed by atoms with Crippen molar-refractivity contribution in [1.82, 2.24) is 20.1 Å². The third-order valence-corrected chi connectivity index (χ3v) is 5.67. The maximum absolute atomic E-state index is 12.7. The van der Waals surface area contributed by atoms with Crippen LogP contribution in [-0.2, 0) is 16.0 Å². The molecule has 1 aliphatic heterocycles. The molecule has 1 N–H and O–H groups in total. The number of nitrogens with zero attached hydrogens (tertiary/aromatic N) is 4. The maximum Gasteiger partial charge on any atom is 0.247 e. The zero-order valence-electron chi connectivity index (χ0n) is 17.8. The summed E-state index contributed by atoms with van der Waals surface area (Å²) in [4.78, 5) is 31.2. The molecular weight excluding hydrogens is 430 g/mol. The minimum Gasteiger partial charge on any atom is -0.421 e. The van der Waals surface area contributed by atoms with Gasteiger partial charge >= 0.3 is 0 Å². The van der Waals surface area contributed by atoms with Crippen molar-refractivity contribution < 1.29 is 14.0 Å². The van der Waals surface area contributed by atoms with Crippen LogP contribution in [-0.4, -0.2) is 45.0 Å². The standard InChI is InChI=1S/C23H24ClN5O3/c1-15-4-6-16(7-5-15)23-28-27-20(32-23)10-11-21(30)29-12-2-3-17(14-29)22(31)26-19-9-8-18(24)13-25-19/h4-9,13,17H,2-3,10-12,14H2,1H3,(H,25,26,31). The topological polar surface area (TPSA) is 101 Å². The molecule has 9 heteroatoms. The van der Waals surface area contributed by atoms with Gasteiger partial charge in [0.15, 0.2) is 0 Å². The van der Waals surface area contributed by atoms with Crippen molar-refractivity contribution in [3.05, 3.63) is 59.1 Å². The van der Waals surface area contributed by atoms with E-state index in [2.05, 4.69) is 20.5 Å². The highest BCUT2D eigenvalue weighted by molar-refractivity contribution is 6.30. The van der Waals surface area contributed by atoms with Crippen LogP contribution >= 0.6 is 11.6 Å². The lowest BCUT2D eigenvalue weighted by molar-refractivity contribution is -0.134. The summed E-state index contributed by atoms with van der Waals surface area (Å²) in [5, 5.41) is 11.4. The molecule has 0 bridgehead atoms. The smallest absolute Gasteiger partial charge is 0.247 e. The Labute approximate surface area is 191 Å². The number of amides is 2. The van der Waals surface area contributed by atoms with E-state index in [1.165, 1.54) is 6.20 Å². The highest BCUT2D eigenvalue weighted by atomic mass is 35.5. The molecule has 1 atom stereocenters. The molecule has 166 valence electrons. The van der Waals surface area contributed by atoms with Gasteiger partial charge in [0.2, 0.25) is 23.6 Å². The fourth-order valence-electron chi connectivity index (χ4n) is 3.64. The fraction of sp³-hybridized carbons (Fsp3) is 0.348. The van der Waals surface area contributed by atoms with Crippen LogP contribution in [0, 0.1) is 12.8 Å². The molecule has 0 aliphatic carbocycles. The molecule has 8 nitrogen and oxygen atoms in total. The molecule has 1 saturated heterocycles. The molecule has 0 radical (unpaired) electrons. The van der Waals surface area contributed by atoms with Gasteiger partial charge < -0.3 is 14.6 Å². The number of pyridine rings is 1. The first kappa shape index (κ1) is 22.0. The van der Waals surface area contributed by atoms with E-state index >= 15 is 0 Å². The van der Waals surface area contributed by atoms with E-state index in [1.54, 1.807) is 17.0 Å². The number of carbonyl (C=O) groups is 2. The first-order valence-corrected chi connectivity index (χ1v) is 11.0. The zero-order chi connectivity index (χ0) is 22.5. The van der Waals surface area contributed by atoms with Crippen molar-refractivity contribution >= 4 is 29.2 Å². The summed E-state index contributed by atoms with van der Waals surface area (Å²) in [6.07, 6.45) is 3.60. The summed E-state index contributed by atoms with van der Waals surface area (Å²) in [6, 6.07) is 11.1. The van der Waals surface area contributed by atoms with E-state index in [9.17, 15) is 9.59 Å². The minimum atomic E-state index is -0.276. The molecular formula is C23H24ClN5O3. The second-order valence-corrected chi connectivity index (χ2v) is 8.33. The highest BCUT2D eigenvalue weighted by Gasteiger charge is 2.28. The molecule has 1 aliphatic rings. The number of aryl methyl sites for hydroxylation is 2. The van der Waals surface area contributed by atoms with Gasteiger partial charge in [0.1, 0.15) is 5.82 Å². The molecule has 1 fully saturated rings. The van der Waals surface area contributed by atoms with Crippen LogP contribution in [0.2, 0.25) is 5.02 Å². The molecule has 4 rings (SSSR count). The van der Waals surface area contributed by atoms with E-state index in [0.29, 0.717) is 42.1 Å². The zero-order valence-corrected chi connectivity index (χ0v) is 18.5. The van der Waals surface area contributed by atoms with Crippen LogP contribution in [0.5, 0.6) is 0 Å². The van der Waals surface area contributed by atoms with Crippen LogP contribution in [0.3, 0.4) is 0 Å². The third-order valence-electron chi connectivity index (χ3n) is 5.44. The summed E-state index contributed by atoms with van der Waals surface area (Å²) < 4.78 is 5.71. The summed E-state index contributed by atoms with van der Waals surface area (Å²) in [6.45, 7) is 3.04. The van der Waals surface area contributed by atoms with Gasteiger partial charge in [-0.05, 0) is 44.0 Å². The Morgan fingerprint density at radius 1 is 1.19 bits per heavy atom. The summed E-state index contributed by atoms with van der Waals surface area (Å²) in [5.41, 5.74) is 2.00. The van der Waals surface area contributed by atoms with E-state index < -0.39 is 0 Å². The summed E-state index contributed by atoms with van der Waals surface area (Å²) in [7, 11) is 0. The van der Waals surface area contributed by atoms with E-state index in [-0.39, 0.29) is 24.2 Å². The molecule has 1 unspecified atom stereocenters. The van der Waals surface area contributed by atoms with Crippen molar-refractivity contribution in [2.75, 3.05) is 18.4 Å². The van der Waals surface area contributed by atoms with Gasteiger partial charge in [0.25, 0.3) is 0 Å². The Kier molecular flexibility index (Phi) is 6.80. The monoisotopic (exact) mass is 453 g/mol. The average molecular weight is 454 g/mol. The molecule has 3 heterocycles. The van der Waals surface area contributed by atoms with Gasteiger partial charge in [0, 0.05) is 37.7 Å². The molecule has 0 spiro atoms. The number of piperidine rings is 1. The number of halogens is 1. The SMILES string of the molecule is Cc1ccc(-c2nnc(CCC(=O)N3CCCC(C(=O)Nc4ccc(Cl)cn4)C3)o2)cc1. The number of likely N-dealkylation sites (tertiary alicyclic amines) is 1. The van der Waals surface area contributed by atoms with Gasteiger partial charge in [-0.25, -0.2) is 4.98 Å². The Balaban J connectivity index is 1.29.